The minimum absolute atomic E-state index is 0.0213. The second-order valence-corrected chi connectivity index (χ2v) is 2.72. The van der Waals surface area contributed by atoms with Crippen LogP contribution in [-0.2, 0) is 13.0 Å². The Bertz CT molecular complexity index is 358. The minimum Gasteiger partial charge on any atom is -0.325 e. The van der Waals surface area contributed by atoms with Gasteiger partial charge in [0.15, 0.2) is 0 Å². The van der Waals surface area contributed by atoms with Crippen molar-refractivity contribution in [2.24, 2.45) is 5.73 Å². The van der Waals surface area contributed by atoms with Gasteiger partial charge in [0.05, 0.1) is 18.2 Å². The Hall–Kier alpha value is -1.54. The smallest absolute Gasteiger partial charge is 0.265 e. The Labute approximate surface area is 80.2 Å². The van der Waals surface area contributed by atoms with E-state index in [1.165, 1.54) is 12.3 Å². The number of nitriles is 1. The molecule has 0 fully saturated rings. The van der Waals surface area contributed by atoms with E-state index in [-0.39, 0.29) is 24.2 Å². The van der Waals surface area contributed by atoms with Gasteiger partial charge in [0.1, 0.15) is 0 Å². The minimum atomic E-state index is -2.60. The molecule has 1 aromatic heterocycles. The zero-order valence-electron chi connectivity index (χ0n) is 7.37. The van der Waals surface area contributed by atoms with Gasteiger partial charge in [-0.25, -0.2) is 8.78 Å². The lowest BCUT2D eigenvalue weighted by molar-refractivity contribution is 0.149. The van der Waals surface area contributed by atoms with E-state index in [0.29, 0.717) is 5.56 Å². The summed E-state index contributed by atoms with van der Waals surface area (Å²) >= 11 is 0. The van der Waals surface area contributed by atoms with E-state index in [4.69, 9.17) is 11.0 Å². The highest BCUT2D eigenvalue weighted by Gasteiger charge is 2.13. The van der Waals surface area contributed by atoms with Gasteiger partial charge in [-0.15, -0.1) is 0 Å². The standard InChI is InChI=1S/C9H9F2N3/c10-9(11)7-3-6(1-2-12)5-14-8(7)4-13/h3,5,9H,1,4,13H2. The maximum Gasteiger partial charge on any atom is 0.265 e. The van der Waals surface area contributed by atoms with Crippen molar-refractivity contribution in [3.05, 3.63) is 29.1 Å². The number of hydrogen-bond acceptors (Lipinski definition) is 3. The molecule has 74 valence electrons. The fourth-order valence-electron chi connectivity index (χ4n) is 1.10. The fraction of sp³-hybridized carbons (Fsp3) is 0.333. The lowest BCUT2D eigenvalue weighted by Gasteiger charge is -2.06. The van der Waals surface area contributed by atoms with Gasteiger partial charge in [-0.05, 0) is 11.6 Å². The maximum absolute atomic E-state index is 12.5. The normalized spacial score (nSPS) is 10.2. The van der Waals surface area contributed by atoms with Crippen LogP contribution < -0.4 is 5.73 Å². The van der Waals surface area contributed by atoms with Gasteiger partial charge < -0.3 is 5.73 Å². The van der Waals surface area contributed by atoms with Crippen molar-refractivity contribution in [3.63, 3.8) is 0 Å². The molecule has 0 aliphatic heterocycles. The summed E-state index contributed by atoms with van der Waals surface area (Å²) < 4.78 is 24.9. The molecule has 1 heterocycles. The molecule has 5 heteroatoms. The quantitative estimate of drug-likeness (QED) is 0.799. The summed E-state index contributed by atoms with van der Waals surface area (Å²) in [6, 6.07) is 3.15. The molecule has 0 unspecified atom stereocenters. The van der Waals surface area contributed by atoms with Gasteiger partial charge >= 0.3 is 0 Å². The molecule has 14 heavy (non-hydrogen) atoms. The highest BCUT2D eigenvalue weighted by Crippen LogP contribution is 2.22. The number of halogens is 2. The zero-order valence-corrected chi connectivity index (χ0v) is 7.37. The third-order valence-electron chi connectivity index (χ3n) is 1.77. The van der Waals surface area contributed by atoms with Crippen LogP contribution in [0, 0.1) is 11.3 Å². The SMILES string of the molecule is N#CCc1cnc(CN)c(C(F)F)c1. The molecule has 1 aromatic rings. The molecule has 0 saturated carbocycles. The van der Waals surface area contributed by atoms with E-state index in [2.05, 4.69) is 4.98 Å². The van der Waals surface area contributed by atoms with E-state index >= 15 is 0 Å². The van der Waals surface area contributed by atoms with Gasteiger partial charge in [-0.3, -0.25) is 4.98 Å². The topological polar surface area (TPSA) is 62.7 Å². The first-order valence-electron chi connectivity index (χ1n) is 4.02. The molecule has 0 atom stereocenters. The predicted octanol–water partition coefficient (Wildman–Crippen LogP) is 1.54. The Morgan fingerprint density at radius 2 is 2.29 bits per heavy atom. The number of pyridine rings is 1. The van der Waals surface area contributed by atoms with Crippen molar-refractivity contribution in [3.8, 4) is 6.07 Å². The van der Waals surface area contributed by atoms with Crippen molar-refractivity contribution in [2.75, 3.05) is 0 Å². The number of rotatable bonds is 3. The lowest BCUT2D eigenvalue weighted by Crippen LogP contribution is -2.06. The van der Waals surface area contributed by atoms with E-state index in [9.17, 15) is 8.78 Å². The number of nitrogens with zero attached hydrogens (tertiary/aromatic N) is 2. The molecule has 3 nitrogen and oxygen atoms in total. The van der Waals surface area contributed by atoms with Gasteiger partial charge in [-0.2, -0.15) is 5.26 Å². The Balaban J connectivity index is 3.09. The highest BCUT2D eigenvalue weighted by atomic mass is 19.3. The van der Waals surface area contributed by atoms with E-state index in [0.717, 1.165) is 0 Å². The molecule has 2 N–H and O–H groups in total. The van der Waals surface area contributed by atoms with Crippen LogP contribution >= 0.6 is 0 Å². The first-order valence-corrected chi connectivity index (χ1v) is 4.02. The Morgan fingerprint density at radius 1 is 1.57 bits per heavy atom. The average molecular weight is 197 g/mol. The van der Waals surface area contributed by atoms with Crippen LogP contribution in [0.15, 0.2) is 12.3 Å². The summed E-state index contributed by atoms with van der Waals surface area (Å²) in [5.41, 5.74) is 5.74. The first kappa shape index (κ1) is 10.5. The van der Waals surface area contributed by atoms with E-state index < -0.39 is 6.43 Å². The molecule has 0 aliphatic rings. The third kappa shape index (κ3) is 2.24. The van der Waals surface area contributed by atoms with Gasteiger partial charge in [0.25, 0.3) is 6.43 Å². The number of aromatic nitrogens is 1. The maximum atomic E-state index is 12.5. The van der Waals surface area contributed by atoms with Crippen molar-refractivity contribution in [2.45, 2.75) is 19.4 Å². The summed E-state index contributed by atoms with van der Waals surface area (Å²) in [5, 5.41) is 8.39. The summed E-state index contributed by atoms with van der Waals surface area (Å²) in [6.45, 7) is -0.0213. The molecular formula is C9H9F2N3. The molecule has 0 bridgehead atoms. The molecule has 0 spiro atoms. The van der Waals surface area contributed by atoms with E-state index in [1.807, 2.05) is 6.07 Å². The van der Waals surface area contributed by atoms with Crippen LogP contribution in [0.1, 0.15) is 23.2 Å². The van der Waals surface area contributed by atoms with Crippen LogP contribution in [-0.4, -0.2) is 4.98 Å². The summed E-state index contributed by atoms with van der Waals surface area (Å²) in [4.78, 5) is 3.78. The molecule has 0 aromatic carbocycles. The molecule has 1 rings (SSSR count). The number of hydrogen-bond donors (Lipinski definition) is 1. The summed E-state index contributed by atoms with van der Waals surface area (Å²) in [5.74, 6) is 0. The van der Waals surface area contributed by atoms with Crippen molar-refractivity contribution in [1.82, 2.24) is 4.98 Å². The van der Waals surface area contributed by atoms with Crippen LogP contribution in [0.4, 0.5) is 8.78 Å². The first-order chi connectivity index (χ1) is 6.69. The van der Waals surface area contributed by atoms with Gasteiger partial charge in [0.2, 0.25) is 0 Å². The molecule has 0 amide bonds. The zero-order chi connectivity index (χ0) is 10.6. The number of nitrogens with two attached hydrogens (primary N) is 1. The third-order valence-corrected chi connectivity index (χ3v) is 1.77. The highest BCUT2D eigenvalue weighted by molar-refractivity contribution is 5.27. The van der Waals surface area contributed by atoms with Crippen molar-refractivity contribution >= 4 is 0 Å². The molecule has 0 aliphatic carbocycles. The summed E-state index contributed by atoms with van der Waals surface area (Å²) in [7, 11) is 0. The Kier molecular flexibility index (Phi) is 3.48. The molecular weight excluding hydrogens is 188 g/mol. The second kappa shape index (κ2) is 4.63. The van der Waals surface area contributed by atoms with Crippen LogP contribution in [0.5, 0.6) is 0 Å². The molecule has 0 radical (unpaired) electrons. The van der Waals surface area contributed by atoms with Crippen LogP contribution in [0.2, 0.25) is 0 Å². The molecule has 0 saturated heterocycles. The largest absolute Gasteiger partial charge is 0.325 e. The van der Waals surface area contributed by atoms with Gasteiger partial charge in [0, 0.05) is 18.3 Å². The van der Waals surface area contributed by atoms with Gasteiger partial charge in [-0.1, -0.05) is 0 Å². The monoisotopic (exact) mass is 197 g/mol. The van der Waals surface area contributed by atoms with Crippen LogP contribution in [0.25, 0.3) is 0 Å². The predicted molar refractivity (Wildman–Crippen MR) is 46.4 cm³/mol. The van der Waals surface area contributed by atoms with E-state index in [1.54, 1.807) is 0 Å². The summed E-state index contributed by atoms with van der Waals surface area (Å²) in [6.07, 6.45) is -1.12. The lowest BCUT2D eigenvalue weighted by atomic mass is 10.1. The van der Waals surface area contributed by atoms with Crippen LogP contribution in [0.3, 0.4) is 0 Å². The number of alkyl halides is 2. The van der Waals surface area contributed by atoms with Crippen molar-refractivity contribution < 1.29 is 8.78 Å². The van der Waals surface area contributed by atoms with Crippen molar-refractivity contribution in [1.29, 1.82) is 5.26 Å². The average Bonchev–Trinajstić information content (AvgIpc) is 2.18. The fourth-order valence-corrected chi connectivity index (χ4v) is 1.10. The Morgan fingerprint density at radius 3 is 2.79 bits per heavy atom. The second-order valence-electron chi connectivity index (χ2n) is 2.72.